The molecule has 7 nitrogen and oxygen atoms in total. The first-order valence-corrected chi connectivity index (χ1v) is 9.46. The molecule has 0 aliphatic carbocycles. The standard InChI is InChI=1S/C21H20BFN4O3/c1-26-20(28)18(22)19(15-7-8-24-11-16(15)23)25-21(26)27-9-10-30-17(12-27)13-3-5-14(29-2)6-4-13/h3-8,11,17H,9-10,12H2,1-2H3/t17-/m1/s1. The number of methoxy groups -OCH3 is 1. The lowest BCUT2D eigenvalue weighted by molar-refractivity contribution is 0.0389. The Morgan fingerprint density at radius 1 is 1.27 bits per heavy atom. The van der Waals surface area contributed by atoms with Crippen LogP contribution in [0, 0.1) is 5.82 Å². The highest BCUT2D eigenvalue weighted by Crippen LogP contribution is 2.27. The number of rotatable bonds is 4. The molecule has 152 valence electrons. The quantitative estimate of drug-likeness (QED) is 0.610. The molecule has 4 rings (SSSR count). The largest absolute Gasteiger partial charge is 0.497 e. The summed E-state index contributed by atoms with van der Waals surface area (Å²) in [6, 6.07) is 9.09. The van der Waals surface area contributed by atoms with Crippen molar-refractivity contribution >= 4 is 19.3 Å². The van der Waals surface area contributed by atoms with E-state index in [1.54, 1.807) is 14.2 Å². The van der Waals surface area contributed by atoms with Crippen LogP contribution >= 0.6 is 0 Å². The van der Waals surface area contributed by atoms with E-state index in [1.165, 1.54) is 16.8 Å². The van der Waals surface area contributed by atoms with E-state index in [2.05, 4.69) is 9.97 Å². The third-order valence-corrected chi connectivity index (χ3v) is 5.17. The van der Waals surface area contributed by atoms with Gasteiger partial charge in [-0.3, -0.25) is 14.3 Å². The lowest BCUT2D eigenvalue weighted by atomic mass is 9.92. The highest BCUT2D eigenvalue weighted by atomic mass is 19.1. The number of ether oxygens (including phenoxy) is 2. The summed E-state index contributed by atoms with van der Waals surface area (Å²) in [7, 11) is 9.21. The number of anilines is 1. The first kappa shape index (κ1) is 20.1. The number of aromatic nitrogens is 3. The summed E-state index contributed by atoms with van der Waals surface area (Å²) >= 11 is 0. The monoisotopic (exact) mass is 406 g/mol. The average Bonchev–Trinajstić information content (AvgIpc) is 2.78. The molecule has 1 saturated heterocycles. The van der Waals surface area contributed by atoms with E-state index in [-0.39, 0.29) is 22.8 Å². The maximum absolute atomic E-state index is 14.3. The molecule has 0 bridgehead atoms. The van der Waals surface area contributed by atoms with Gasteiger partial charge in [0, 0.05) is 25.4 Å². The Kier molecular flexibility index (Phi) is 5.54. The van der Waals surface area contributed by atoms with Crippen LogP contribution in [0.25, 0.3) is 11.3 Å². The molecular formula is C21H20BFN4O3. The van der Waals surface area contributed by atoms with Crippen molar-refractivity contribution < 1.29 is 13.9 Å². The van der Waals surface area contributed by atoms with Gasteiger partial charge in [0.05, 0.1) is 32.2 Å². The van der Waals surface area contributed by atoms with Crippen LogP contribution in [0.4, 0.5) is 10.3 Å². The van der Waals surface area contributed by atoms with E-state index in [4.69, 9.17) is 17.3 Å². The van der Waals surface area contributed by atoms with E-state index in [0.717, 1.165) is 17.5 Å². The molecule has 1 aliphatic rings. The van der Waals surface area contributed by atoms with E-state index < -0.39 is 11.4 Å². The van der Waals surface area contributed by atoms with Crippen LogP contribution in [-0.4, -0.2) is 49.2 Å². The van der Waals surface area contributed by atoms with Crippen molar-refractivity contribution in [1.29, 1.82) is 0 Å². The van der Waals surface area contributed by atoms with E-state index in [1.807, 2.05) is 29.2 Å². The van der Waals surface area contributed by atoms with Crippen molar-refractivity contribution in [3.8, 4) is 17.0 Å². The molecule has 0 amide bonds. The molecule has 30 heavy (non-hydrogen) atoms. The molecule has 1 aromatic carbocycles. The molecule has 0 saturated carbocycles. The normalized spacial score (nSPS) is 16.5. The maximum atomic E-state index is 14.3. The zero-order valence-corrected chi connectivity index (χ0v) is 16.7. The van der Waals surface area contributed by atoms with Crippen LogP contribution in [0.5, 0.6) is 5.75 Å². The number of hydrogen-bond acceptors (Lipinski definition) is 6. The number of morpholine rings is 1. The van der Waals surface area contributed by atoms with Crippen LogP contribution < -0.4 is 20.7 Å². The van der Waals surface area contributed by atoms with Gasteiger partial charge >= 0.3 is 0 Å². The second-order valence-electron chi connectivity index (χ2n) is 6.97. The second-order valence-corrected chi connectivity index (χ2v) is 6.97. The molecule has 0 spiro atoms. The van der Waals surface area contributed by atoms with Crippen molar-refractivity contribution in [3.63, 3.8) is 0 Å². The molecule has 1 atom stereocenters. The van der Waals surface area contributed by atoms with Gasteiger partial charge < -0.3 is 14.4 Å². The van der Waals surface area contributed by atoms with Crippen LogP contribution in [0.3, 0.4) is 0 Å². The van der Waals surface area contributed by atoms with E-state index in [0.29, 0.717) is 25.6 Å². The van der Waals surface area contributed by atoms with Crippen molar-refractivity contribution in [2.45, 2.75) is 6.10 Å². The topological polar surface area (TPSA) is 69.5 Å². The number of hydrogen-bond donors (Lipinski definition) is 0. The summed E-state index contributed by atoms with van der Waals surface area (Å²) in [5, 5.41) is 0. The van der Waals surface area contributed by atoms with Gasteiger partial charge in [0.1, 0.15) is 19.7 Å². The number of benzene rings is 1. The zero-order chi connectivity index (χ0) is 21.3. The minimum absolute atomic E-state index is 0.105. The summed E-state index contributed by atoms with van der Waals surface area (Å²) < 4.78 is 26.8. The van der Waals surface area contributed by atoms with Crippen molar-refractivity contribution in [2.75, 3.05) is 31.7 Å². The Hall–Kier alpha value is -3.20. The summed E-state index contributed by atoms with van der Waals surface area (Å²) in [5.74, 6) is 0.578. The molecular weight excluding hydrogens is 386 g/mol. The Morgan fingerprint density at radius 3 is 2.73 bits per heavy atom. The van der Waals surface area contributed by atoms with Gasteiger partial charge in [-0.15, -0.1) is 0 Å². The molecule has 2 radical (unpaired) electrons. The Balaban J connectivity index is 1.70. The van der Waals surface area contributed by atoms with Gasteiger partial charge in [0.2, 0.25) is 11.5 Å². The van der Waals surface area contributed by atoms with Crippen molar-refractivity contribution in [1.82, 2.24) is 14.5 Å². The third-order valence-electron chi connectivity index (χ3n) is 5.17. The number of halogens is 1. The van der Waals surface area contributed by atoms with E-state index >= 15 is 0 Å². The minimum Gasteiger partial charge on any atom is -0.497 e. The summed E-state index contributed by atoms with van der Waals surface area (Å²) in [6.45, 7) is 1.47. The van der Waals surface area contributed by atoms with Gasteiger partial charge in [-0.05, 0) is 29.2 Å². The predicted molar refractivity (Wildman–Crippen MR) is 112 cm³/mol. The van der Waals surface area contributed by atoms with Gasteiger partial charge in [-0.1, -0.05) is 12.1 Å². The summed E-state index contributed by atoms with van der Waals surface area (Å²) in [6.07, 6.45) is 2.30. The molecule has 0 N–H and O–H groups in total. The average molecular weight is 406 g/mol. The highest BCUT2D eigenvalue weighted by molar-refractivity contribution is 6.35. The molecule has 3 heterocycles. The van der Waals surface area contributed by atoms with Crippen LogP contribution in [0.2, 0.25) is 0 Å². The Morgan fingerprint density at radius 2 is 2.03 bits per heavy atom. The van der Waals surface area contributed by atoms with Crippen molar-refractivity contribution in [3.05, 3.63) is 64.5 Å². The number of nitrogens with zero attached hydrogens (tertiary/aromatic N) is 4. The molecule has 1 aliphatic heterocycles. The fourth-order valence-corrected chi connectivity index (χ4v) is 3.51. The fourth-order valence-electron chi connectivity index (χ4n) is 3.51. The maximum Gasteiger partial charge on any atom is 0.248 e. The zero-order valence-electron chi connectivity index (χ0n) is 16.7. The van der Waals surface area contributed by atoms with Gasteiger partial charge in [0.25, 0.3) is 0 Å². The van der Waals surface area contributed by atoms with Crippen LogP contribution in [0.1, 0.15) is 11.7 Å². The lowest BCUT2D eigenvalue weighted by Gasteiger charge is -2.35. The van der Waals surface area contributed by atoms with Gasteiger partial charge in [-0.25, -0.2) is 9.37 Å². The third kappa shape index (κ3) is 3.68. The molecule has 9 heteroatoms. The van der Waals surface area contributed by atoms with E-state index in [9.17, 15) is 9.18 Å². The lowest BCUT2D eigenvalue weighted by Crippen LogP contribution is -2.45. The molecule has 3 aromatic rings. The van der Waals surface area contributed by atoms with Crippen molar-refractivity contribution in [2.24, 2.45) is 7.05 Å². The minimum atomic E-state index is -0.589. The summed E-state index contributed by atoms with van der Waals surface area (Å²) in [5.41, 5.74) is 0.702. The van der Waals surface area contributed by atoms with Gasteiger partial charge in [-0.2, -0.15) is 0 Å². The number of pyridine rings is 1. The summed E-state index contributed by atoms with van der Waals surface area (Å²) in [4.78, 5) is 23.0. The molecule has 2 aromatic heterocycles. The Labute approximate surface area is 174 Å². The van der Waals surface area contributed by atoms with Gasteiger partial charge in [0.15, 0.2) is 5.82 Å². The highest BCUT2D eigenvalue weighted by Gasteiger charge is 2.26. The smallest absolute Gasteiger partial charge is 0.248 e. The fraction of sp³-hybridized carbons (Fsp3) is 0.286. The first-order chi connectivity index (χ1) is 14.5. The second kappa shape index (κ2) is 8.27. The Bertz CT molecular complexity index is 1120. The molecule has 1 fully saturated rings. The SMILES string of the molecule is [B]c1c(-c2ccncc2F)nc(N2CCO[C@@H](c3ccc(OC)cc3)C2)n(C)c1=O. The van der Waals surface area contributed by atoms with Crippen LogP contribution in [0.15, 0.2) is 47.5 Å². The van der Waals surface area contributed by atoms with Crippen LogP contribution in [-0.2, 0) is 11.8 Å². The predicted octanol–water partition coefficient (Wildman–Crippen LogP) is 1.36. The first-order valence-electron chi connectivity index (χ1n) is 9.46. The molecule has 0 unspecified atom stereocenters.